The summed E-state index contributed by atoms with van der Waals surface area (Å²) in [5.74, 6) is 0. The molecule has 0 radical (unpaired) electrons. The monoisotopic (exact) mass is 309 g/mol. The van der Waals surface area contributed by atoms with Gasteiger partial charge in [0, 0.05) is 48.4 Å². The number of nitrogens with two attached hydrogens (primary N) is 1. The zero-order chi connectivity index (χ0) is 12.6. The van der Waals surface area contributed by atoms with Crippen molar-refractivity contribution in [3.8, 4) is 0 Å². The summed E-state index contributed by atoms with van der Waals surface area (Å²) in [6.45, 7) is 5.57. The Bertz CT molecular complexity index is 406. The van der Waals surface area contributed by atoms with Crippen LogP contribution in [0.25, 0.3) is 0 Å². The van der Waals surface area contributed by atoms with E-state index in [0.29, 0.717) is 0 Å². The quantitative estimate of drug-likeness (QED) is 0.927. The molecule has 1 heterocycles. The van der Waals surface area contributed by atoms with E-state index < -0.39 is 0 Å². The van der Waals surface area contributed by atoms with Gasteiger partial charge in [-0.1, -0.05) is 15.9 Å². The normalized spacial score (nSPS) is 23.1. The maximum absolute atomic E-state index is 6.18. The van der Waals surface area contributed by atoms with Crippen LogP contribution in [0.5, 0.6) is 0 Å². The third-order valence-corrected chi connectivity index (χ3v) is 4.52. The van der Waals surface area contributed by atoms with Crippen molar-refractivity contribution in [1.82, 2.24) is 4.90 Å². The highest BCUT2D eigenvalue weighted by molar-refractivity contribution is 9.10. The lowest BCUT2D eigenvalue weighted by Gasteiger charge is -2.37. The summed E-state index contributed by atoms with van der Waals surface area (Å²) in [5.41, 5.74) is 7.66. The molecule has 1 saturated heterocycles. The summed E-state index contributed by atoms with van der Waals surface area (Å²) < 4.78 is 1.14. The highest BCUT2D eigenvalue weighted by atomic mass is 79.9. The predicted octanol–water partition coefficient (Wildman–Crippen LogP) is 2.06. The molecule has 0 unspecified atom stereocenters. The van der Waals surface area contributed by atoms with Crippen molar-refractivity contribution >= 4 is 21.6 Å². The Morgan fingerprint density at radius 2 is 1.67 bits per heavy atom. The van der Waals surface area contributed by atoms with E-state index >= 15 is 0 Å². The van der Waals surface area contributed by atoms with E-state index in [9.17, 15) is 0 Å². The largest absolute Gasteiger partial charge is 0.369 e. The molecule has 0 aromatic heterocycles. The predicted molar refractivity (Wildman–Crippen MR) is 78.9 cm³/mol. The number of piperazine rings is 1. The standard InChI is InChI=1S/C14H20BrN3/c15-12-1-3-13(4-2-12)18-9-7-17(8-10-18)11-14(16)5-6-14/h1-4H,5-11,16H2. The Balaban J connectivity index is 1.54. The summed E-state index contributed by atoms with van der Waals surface area (Å²) in [6, 6.07) is 8.59. The van der Waals surface area contributed by atoms with Crippen molar-refractivity contribution in [2.24, 2.45) is 5.73 Å². The van der Waals surface area contributed by atoms with Crippen molar-refractivity contribution in [1.29, 1.82) is 0 Å². The first-order valence-electron chi connectivity index (χ1n) is 6.66. The highest BCUT2D eigenvalue weighted by Gasteiger charge is 2.40. The topological polar surface area (TPSA) is 32.5 Å². The molecule has 3 nitrogen and oxygen atoms in total. The summed E-state index contributed by atoms with van der Waals surface area (Å²) in [4.78, 5) is 4.97. The van der Waals surface area contributed by atoms with Crippen molar-refractivity contribution in [3.63, 3.8) is 0 Å². The van der Waals surface area contributed by atoms with E-state index in [0.717, 1.165) is 37.2 Å². The number of hydrogen-bond acceptors (Lipinski definition) is 3. The first-order chi connectivity index (χ1) is 8.65. The summed E-state index contributed by atoms with van der Waals surface area (Å²) in [5, 5.41) is 0. The number of halogens is 1. The minimum absolute atomic E-state index is 0.153. The molecule has 1 aliphatic heterocycles. The molecule has 1 aromatic carbocycles. The minimum atomic E-state index is 0.153. The third kappa shape index (κ3) is 2.87. The highest BCUT2D eigenvalue weighted by Crippen LogP contribution is 2.33. The van der Waals surface area contributed by atoms with E-state index in [1.165, 1.54) is 18.5 Å². The maximum Gasteiger partial charge on any atom is 0.0367 e. The summed E-state index contributed by atoms with van der Waals surface area (Å²) in [6.07, 6.45) is 2.42. The number of rotatable bonds is 3. The van der Waals surface area contributed by atoms with E-state index in [1.54, 1.807) is 0 Å². The Labute approximate surface area is 117 Å². The molecule has 3 rings (SSSR count). The summed E-state index contributed by atoms with van der Waals surface area (Å²) >= 11 is 3.48. The van der Waals surface area contributed by atoms with E-state index in [4.69, 9.17) is 5.73 Å². The summed E-state index contributed by atoms with van der Waals surface area (Å²) in [7, 11) is 0. The zero-order valence-corrected chi connectivity index (χ0v) is 12.2. The first kappa shape index (κ1) is 12.5. The second kappa shape index (κ2) is 4.83. The maximum atomic E-state index is 6.18. The van der Waals surface area contributed by atoms with Crippen LogP contribution in [0.3, 0.4) is 0 Å². The number of hydrogen-bond donors (Lipinski definition) is 1. The van der Waals surface area contributed by atoms with Gasteiger partial charge in [-0.25, -0.2) is 0 Å². The lowest BCUT2D eigenvalue weighted by Crippen LogP contribution is -2.50. The lowest BCUT2D eigenvalue weighted by molar-refractivity contribution is 0.236. The van der Waals surface area contributed by atoms with Gasteiger partial charge < -0.3 is 10.6 Å². The van der Waals surface area contributed by atoms with E-state index in [-0.39, 0.29) is 5.54 Å². The van der Waals surface area contributed by atoms with E-state index in [2.05, 4.69) is 50.0 Å². The second-order valence-electron chi connectivity index (χ2n) is 5.60. The smallest absolute Gasteiger partial charge is 0.0367 e. The van der Waals surface area contributed by atoms with Gasteiger partial charge in [0.15, 0.2) is 0 Å². The van der Waals surface area contributed by atoms with Crippen molar-refractivity contribution in [2.75, 3.05) is 37.6 Å². The van der Waals surface area contributed by atoms with Crippen LogP contribution in [-0.4, -0.2) is 43.2 Å². The van der Waals surface area contributed by atoms with Gasteiger partial charge in [0.1, 0.15) is 0 Å². The molecule has 2 aliphatic rings. The van der Waals surface area contributed by atoms with Gasteiger partial charge >= 0.3 is 0 Å². The molecule has 1 aliphatic carbocycles. The van der Waals surface area contributed by atoms with Gasteiger partial charge in [0.25, 0.3) is 0 Å². The lowest BCUT2D eigenvalue weighted by atomic mass is 10.2. The van der Waals surface area contributed by atoms with Crippen LogP contribution in [0, 0.1) is 0 Å². The first-order valence-corrected chi connectivity index (χ1v) is 7.46. The Morgan fingerprint density at radius 3 is 2.22 bits per heavy atom. The molecular formula is C14H20BrN3. The van der Waals surface area contributed by atoms with Gasteiger partial charge in [-0.2, -0.15) is 0 Å². The zero-order valence-electron chi connectivity index (χ0n) is 10.6. The molecular weight excluding hydrogens is 290 g/mol. The van der Waals surface area contributed by atoms with Gasteiger partial charge in [0.2, 0.25) is 0 Å². The number of anilines is 1. The molecule has 98 valence electrons. The van der Waals surface area contributed by atoms with Crippen molar-refractivity contribution < 1.29 is 0 Å². The number of nitrogens with zero attached hydrogens (tertiary/aromatic N) is 2. The molecule has 1 saturated carbocycles. The molecule has 2 N–H and O–H groups in total. The molecule has 1 aromatic rings. The average molecular weight is 310 g/mol. The van der Waals surface area contributed by atoms with Crippen LogP contribution >= 0.6 is 15.9 Å². The van der Waals surface area contributed by atoms with Crippen LogP contribution < -0.4 is 10.6 Å². The van der Waals surface area contributed by atoms with Gasteiger partial charge in [-0.3, -0.25) is 4.90 Å². The average Bonchev–Trinajstić information content (AvgIpc) is 3.09. The molecule has 2 fully saturated rings. The molecule has 0 amide bonds. The van der Waals surface area contributed by atoms with Crippen LogP contribution in [0.2, 0.25) is 0 Å². The molecule has 4 heteroatoms. The van der Waals surface area contributed by atoms with Crippen LogP contribution in [0.4, 0.5) is 5.69 Å². The van der Waals surface area contributed by atoms with Crippen LogP contribution in [0.1, 0.15) is 12.8 Å². The Hall–Kier alpha value is -0.580. The fraction of sp³-hybridized carbons (Fsp3) is 0.571. The van der Waals surface area contributed by atoms with E-state index in [1.807, 2.05) is 0 Å². The van der Waals surface area contributed by atoms with Crippen molar-refractivity contribution in [3.05, 3.63) is 28.7 Å². The van der Waals surface area contributed by atoms with Gasteiger partial charge in [-0.05, 0) is 37.1 Å². The molecule has 0 bridgehead atoms. The third-order valence-electron chi connectivity index (χ3n) is 3.99. The molecule has 18 heavy (non-hydrogen) atoms. The fourth-order valence-electron chi connectivity index (χ4n) is 2.58. The Morgan fingerprint density at radius 1 is 1.06 bits per heavy atom. The molecule has 0 atom stereocenters. The van der Waals surface area contributed by atoms with Crippen molar-refractivity contribution in [2.45, 2.75) is 18.4 Å². The Kier molecular flexibility index (Phi) is 3.34. The minimum Gasteiger partial charge on any atom is -0.369 e. The SMILES string of the molecule is NC1(CN2CCN(c3ccc(Br)cc3)CC2)CC1. The van der Waals surface area contributed by atoms with Gasteiger partial charge in [0.05, 0.1) is 0 Å². The second-order valence-corrected chi connectivity index (χ2v) is 6.52. The van der Waals surface area contributed by atoms with Crippen LogP contribution in [0.15, 0.2) is 28.7 Å². The van der Waals surface area contributed by atoms with Gasteiger partial charge in [-0.15, -0.1) is 0 Å². The molecule has 0 spiro atoms. The fourth-order valence-corrected chi connectivity index (χ4v) is 2.84. The van der Waals surface area contributed by atoms with Crippen LogP contribution in [-0.2, 0) is 0 Å². The number of benzene rings is 1.